The summed E-state index contributed by atoms with van der Waals surface area (Å²) in [6, 6.07) is 0. The molecule has 0 rings (SSSR count). The highest BCUT2D eigenvalue weighted by molar-refractivity contribution is 7.39. The van der Waals surface area contributed by atoms with Gasteiger partial charge in [-0.1, -0.05) is 39.0 Å². The molecule has 0 fully saturated rings. The Morgan fingerprint density at radius 2 is 1.38 bits per heavy atom. The van der Waals surface area contributed by atoms with Crippen LogP contribution >= 0.6 is 17.2 Å². The van der Waals surface area contributed by atoms with Crippen LogP contribution in [0.4, 0.5) is 0 Å². The SMILES string of the molecule is CCCCCCCCOC(C)C(CO)(COP(O)O)COP(O)O. The zero-order chi connectivity index (χ0) is 18.4. The molecule has 8 nitrogen and oxygen atoms in total. The Hall–Kier alpha value is 0.540. The average molecular weight is 390 g/mol. The van der Waals surface area contributed by atoms with Crippen molar-refractivity contribution in [1.29, 1.82) is 0 Å². The number of aliphatic hydroxyl groups is 1. The van der Waals surface area contributed by atoms with Gasteiger partial charge in [-0.25, -0.2) is 0 Å². The molecule has 0 aromatic carbocycles. The van der Waals surface area contributed by atoms with Gasteiger partial charge in [0, 0.05) is 6.61 Å². The molecule has 5 N–H and O–H groups in total. The van der Waals surface area contributed by atoms with Crippen molar-refractivity contribution in [3.63, 3.8) is 0 Å². The maximum absolute atomic E-state index is 9.72. The van der Waals surface area contributed by atoms with Crippen LogP contribution in [-0.2, 0) is 13.8 Å². The normalized spacial score (nSPS) is 13.9. The molecule has 10 heteroatoms. The van der Waals surface area contributed by atoms with E-state index in [2.05, 4.69) is 6.92 Å². The number of ether oxygens (including phenoxy) is 1. The van der Waals surface area contributed by atoms with Gasteiger partial charge in [-0.15, -0.1) is 0 Å². The van der Waals surface area contributed by atoms with E-state index in [0.717, 1.165) is 19.3 Å². The minimum Gasteiger partial charge on any atom is -0.396 e. The van der Waals surface area contributed by atoms with E-state index in [0.29, 0.717) is 6.61 Å². The molecule has 0 radical (unpaired) electrons. The van der Waals surface area contributed by atoms with Gasteiger partial charge in [0.1, 0.15) is 0 Å². The van der Waals surface area contributed by atoms with Gasteiger partial charge in [0.2, 0.25) is 0 Å². The minimum atomic E-state index is -2.59. The maximum Gasteiger partial charge on any atom is 0.327 e. The molecule has 0 bridgehead atoms. The Labute approximate surface area is 146 Å². The third-order valence-electron chi connectivity index (χ3n) is 3.98. The van der Waals surface area contributed by atoms with Crippen LogP contribution in [0, 0.1) is 5.41 Å². The van der Waals surface area contributed by atoms with Crippen LogP contribution in [0.1, 0.15) is 52.4 Å². The zero-order valence-electron chi connectivity index (χ0n) is 14.5. The van der Waals surface area contributed by atoms with E-state index in [1.54, 1.807) is 6.92 Å². The van der Waals surface area contributed by atoms with Crippen molar-refractivity contribution in [2.45, 2.75) is 58.5 Å². The van der Waals surface area contributed by atoms with Crippen LogP contribution in [0.25, 0.3) is 0 Å². The summed E-state index contributed by atoms with van der Waals surface area (Å²) in [5.41, 5.74) is -1.11. The van der Waals surface area contributed by atoms with Crippen molar-refractivity contribution in [3.8, 4) is 0 Å². The van der Waals surface area contributed by atoms with Crippen LogP contribution in [0.5, 0.6) is 0 Å². The summed E-state index contributed by atoms with van der Waals surface area (Å²) < 4.78 is 15.4. The van der Waals surface area contributed by atoms with Gasteiger partial charge < -0.3 is 38.5 Å². The van der Waals surface area contributed by atoms with E-state index >= 15 is 0 Å². The Bertz CT molecular complexity index is 282. The molecule has 0 saturated heterocycles. The second kappa shape index (κ2) is 14.7. The molecule has 0 aliphatic carbocycles. The van der Waals surface area contributed by atoms with Crippen LogP contribution in [0.2, 0.25) is 0 Å². The number of hydrogen-bond donors (Lipinski definition) is 5. The molecule has 0 aromatic heterocycles. The molecule has 0 saturated carbocycles. The Morgan fingerprint density at radius 3 is 1.83 bits per heavy atom. The van der Waals surface area contributed by atoms with Crippen molar-refractivity contribution in [1.82, 2.24) is 0 Å². The number of aliphatic hydroxyl groups excluding tert-OH is 1. The lowest BCUT2D eigenvalue weighted by Gasteiger charge is -2.36. The molecule has 24 heavy (non-hydrogen) atoms. The van der Waals surface area contributed by atoms with Crippen LogP contribution < -0.4 is 0 Å². The highest BCUT2D eigenvalue weighted by atomic mass is 31.2. The molecule has 1 atom stereocenters. The van der Waals surface area contributed by atoms with Gasteiger partial charge >= 0.3 is 17.2 Å². The quantitative estimate of drug-likeness (QED) is 0.200. The zero-order valence-corrected chi connectivity index (χ0v) is 16.3. The second-order valence-electron chi connectivity index (χ2n) is 5.85. The van der Waals surface area contributed by atoms with E-state index in [-0.39, 0.29) is 13.2 Å². The van der Waals surface area contributed by atoms with Gasteiger partial charge in [-0.2, -0.15) is 0 Å². The van der Waals surface area contributed by atoms with Gasteiger partial charge in [0.15, 0.2) is 0 Å². The van der Waals surface area contributed by atoms with E-state index < -0.39 is 35.3 Å². The van der Waals surface area contributed by atoms with E-state index in [1.165, 1.54) is 19.3 Å². The molecule has 0 amide bonds. The standard InChI is InChI=1S/C14H32O8P2/c1-3-4-5-6-7-8-9-20-13(2)14(10-15,11-21-23(16)17)12-22-24(18)19/h13,15-19H,3-12H2,1-2H3. The van der Waals surface area contributed by atoms with Crippen LogP contribution in [0.3, 0.4) is 0 Å². The van der Waals surface area contributed by atoms with Crippen LogP contribution in [0.15, 0.2) is 0 Å². The highest BCUT2D eigenvalue weighted by Gasteiger charge is 2.39. The predicted molar refractivity (Wildman–Crippen MR) is 92.9 cm³/mol. The van der Waals surface area contributed by atoms with E-state index in [4.69, 9.17) is 33.4 Å². The summed E-state index contributed by atoms with van der Waals surface area (Å²) in [5.74, 6) is 0. The summed E-state index contributed by atoms with van der Waals surface area (Å²) in [5, 5.41) is 9.72. The summed E-state index contributed by atoms with van der Waals surface area (Å²) >= 11 is 0. The molecule has 0 aromatic rings. The summed E-state index contributed by atoms with van der Waals surface area (Å²) in [7, 11) is -5.18. The van der Waals surface area contributed by atoms with Gasteiger partial charge in [0.05, 0.1) is 31.3 Å². The molecular weight excluding hydrogens is 358 g/mol. The average Bonchev–Trinajstić information content (AvgIpc) is 2.54. The first kappa shape index (κ1) is 24.5. The summed E-state index contributed by atoms with van der Waals surface area (Å²) in [4.78, 5) is 35.7. The van der Waals surface area contributed by atoms with Gasteiger partial charge in [-0.3, -0.25) is 0 Å². The molecule has 0 spiro atoms. The third kappa shape index (κ3) is 11.2. The van der Waals surface area contributed by atoms with Crippen molar-refractivity contribution in [3.05, 3.63) is 0 Å². The van der Waals surface area contributed by atoms with Crippen molar-refractivity contribution >= 4 is 17.2 Å². The Morgan fingerprint density at radius 1 is 0.875 bits per heavy atom. The fourth-order valence-corrected chi connectivity index (χ4v) is 2.93. The first-order valence-corrected chi connectivity index (χ1v) is 10.5. The first-order valence-electron chi connectivity index (χ1n) is 8.22. The smallest absolute Gasteiger partial charge is 0.327 e. The van der Waals surface area contributed by atoms with Crippen molar-refractivity contribution < 1.29 is 38.5 Å². The first-order chi connectivity index (χ1) is 11.4. The fourth-order valence-electron chi connectivity index (χ4n) is 2.19. The lowest BCUT2D eigenvalue weighted by atomic mass is 9.85. The molecule has 0 heterocycles. The Kier molecular flexibility index (Phi) is 15.0. The number of unbranched alkanes of at least 4 members (excludes halogenated alkanes) is 5. The highest BCUT2D eigenvalue weighted by Crippen LogP contribution is 2.36. The lowest BCUT2D eigenvalue weighted by molar-refractivity contribution is -0.0985. The molecule has 0 aliphatic rings. The van der Waals surface area contributed by atoms with Crippen molar-refractivity contribution in [2.24, 2.45) is 5.41 Å². The lowest BCUT2D eigenvalue weighted by Crippen LogP contribution is -2.46. The molecule has 1 unspecified atom stereocenters. The topological polar surface area (TPSA) is 129 Å². The predicted octanol–water partition coefficient (Wildman–Crippen LogP) is 2.19. The summed E-state index contributed by atoms with van der Waals surface area (Å²) in [6.07, 6.45) is 6.21. The molecular formula is C14H32O8P2. The molecule has 0 aliphatic heterocycles. The fraction of sp³-hybridized carbons (Fsp3) is 1.00. The van der Waals surface area contributed by atoms with Gasteiger partial charge in [0.25, 0.3) is 0 Å². The van der Waals surface area contributed by atoms with E-state index in [9.17, 15) is 5.11 Å². The summed E-state index contributed by atoms with van der Waals surface area (Å²) in [6.45, 7) is 3.49. The largest absolute Gasteiger partial charge is 0.396 e. The van der Waals surface area contributed by atoms with Crippen molar-refractivity contribution in [2.75, 3.05) is 26.4 Å². The monoisotopic (exact) mass is 390 g/mol. The van der Waals surface area contributed by atoms with E-state index in [1.807, 2.05) is 0 Å². The van der Waals surface area contributed by atoms with Crippen LogP contribution in [-0.4, -0.2) is 57.2 Å². The number of hydrogen-bond acceptors (Lipinski definition) is 8. The van der Waals surface area contributed by atoms with Gasteiger partial charge in [-0.05, 0) is 13.3 Å². The number of rotatable bonds is 16. The minimum absolute atomic E-state index is 0.233. The molecule has 146 valence electrons. The Balaban J connectivity index is 4.40. The third-order valence-corrected chi connectivity index (χ3v) is 4.70. The second-order valence-corrected chi connectivity index (χ2v) is 7.38. The maximum atomic E-state index is 9.72.